The molecule has 0 saturated carbocycles. The zero-order valence-electron chi connectivity index (χ0n) is 11.5. The largest absolute Gasteiger partial charge is 0.472 e. The van der Waals surface area contributed by atoms with Crippen molar-refractivity contribution in [3.63, 3.8) is 0 Å². The monoisotopic (exact) mass is 312 g/mol. The number of urea groups is 1. The second-order valence-corrected chi connectivity index (χ2v) is 5.12. The summed E-state index contributed by atoms with van der Waals surface area (Å²) in [7, 11) is 0. The Balaban J connectivity index is 1.69. The van der Waals surface area contributed by atoms with E-state index in [1.807, 2.05) is 30.3 Å². The van der Waals surface area contributed by atoms with Crippen molar-refractivity contribution in [1.29, 1.82) is 0 Å². The molecule has 0 bridgehead atoms. The second kappa shape index (κ2) is 6.37. The highest BCUT2D eigenvalue weighted by Crippen LogP contribution is 2.23. The minimum atomic E-state index is -0.313. The van der Waals surface area contributed by atoms with Gasteiger partial charge in [0.05, 0.1) is 12.5 Å². The number of hydrogen-bond donors (Lipinski definition) is 2. The van der Waals surface area contributed by atoms with Crippen LogP contribution in [-0.2, 0) is 0 Å². The van der Waals surface area contributed by atoms with Crippen LogP contribution in [-0.4, -0.2) is 6.03 Å². The third kappa shape index (κ3) is 3.48. The fourth-order valence-corrected chi connectivity index (χ4v) is 2.16. The van der Waals surface area contributed by atoms with Gasteiger partial charge in [-0.2, -0.15) is 0 Å². The van der Waals surface area contributed by atoms with Crippen LogP contribution >= 0.6 is 11.6 Å². The summed E-state index contributed by atoms with van der Waals surface area (Å²) in [6.45, 7) is 0. The van der Waals surface area contributed by atoms with Gasteiger partial charge in [0.15, 0.2) is 0 Å². The summed E-state index contributed by atoms with van der Waals surface area (Å²) < 4.78 is 5.07. The molecular formula is C17H13ClN2O2. The van der Waals surface area contributed by atoms with Crippen LogP contribution in [0.4, 0.5) is 16.2 Å². The van der Waals surface area contributed by atoms with Crippen molar-refractivity contribution >= 4 is 29.0 Å². The standard InChI is InChI=1S/C17H13ClN2O2/c18-14-4-6-15(7-5-14)19-17(21)20-16-3-1-2-12(10-16)13-8-9-22-11-13/h1-11H,(H2,19,20,21). The highest BCUT2D eigenvalue weighted by atomic mass is 35.5. The number of carbonyl (C=O) groups is 1. The normalized spacial score (nSPS) is 10.2. The van der Waals surface area contributed by atoms with Gasteiger partial charge in [-0.1, -0.05) is 23.7 Å². The van der Waals surface area contributed by atoms with E-state index in [1.165, 1.54) is 0 Å². The number of amides is 2. The minimum absolute atomic E-state index is 0.313. The van der Waals surface area contributed by atoms with E-state index in [0.29, 0.717) is 16.4 Å². The van der Waals surface area contributed by atoms with Crippen molar-refractivity contribution < 1.29 is 9.21 Å². The number of furan rings is 1. The number of nitrogens with one attached hydrogen (secondary N) is 2. The lowest BCUT2D eigenvalue weighted by Gasteiger charge is -2.08. The Labute approximate surface area is 132 Å². The first kappa shape index (κ1) is 14.2. The summed E-state index contributed by atoms with van der Waals surface area (Å²) in [5, 5.41) is 6.16. The molecule has 3 aromatic rings. The van der Waals surface area contributed by atoms with E-state index < -0.39 is 0 Å². The van der Waals surface area contributed by atoms with Gasteiger partial charge in [0.25, 0.3) is 0 Å². The minimum Gasteiger partial charge on any atom is -0.472 e. The maximum atomic E-state index is 12.0. The van der Waals surface area contributed by atoms with Gasteiger partial charge in [0.1, 0.15) is 0 Å². The van der Waals surface area contributed by atoms with Gasteiger partial charge in [-0.15, -0.1) is 0 Å². The fourth-order valence-electron chi connectivity index (χ4n) is 2.03. The fraction of sp³-hybridized carbons (Fsp3) is 0. The summed E-state index contributed by atoms with van der Waals surface area (Å²) in [6, 6.07) is 16.0. The summed E-state index contributed by atoms with van der Waals surface area (Å²) in [5.41, 5.74) is 3.30. The lowest BCUT2D eigenvalue weighted by Crippen LogP contribution is -2.19. The molecule has 0 atom stereocenters. The van der Waals surface area contributed by atoms with Crippen molar-refractivity contribution in [2.24, 2.45) is 0 Å². The Morgan fingerprint density at radius 2 is 1.68 bits per heavy atom. The molecule has 2 aromatic carbocycles. The average molecular weight is 313 g/mol. The first-order chi connectivity index (χ1) is 10.7. The first-order valence-corrected chi connectivity index (χ1v) is 7.05. The van der Waals surface area contributed by atoms with Gasteiger partial charge in [0.2, 0.25) is 0 Å². The average Bonchev–Trinajstić information content (AvgIpc) is 3.04. The van der Waals surface area contributed by atoms with Gasteiger partial charge in [-0.05, 0) is 48.0 Å². The third-order valence-corrected chi connectivity index (χ3v) is 3.33. The smallest absolute Gasteiger partial charge is 0.323 e. The topological polar surface area (TPSA) is 54.3 Å². The quantitative estimate of drug-likeness (QED) is 0.694. The molecule has 0 spiro atoms. The Hall–Kier alpha value is -2.72. The molecule has 2 amide bonds. The molecule has 1 heterocycles. The van der Waals surface area contributed by atoms with Gasteiger partial charge in [-0.3, -0.25) is 0 Å². The van der Waals surface area contributed by atoms with Crippen molar-refractivity contribution in [3.05, 3.63) is 72.1 Å². The zero-order chi connectivity index (χ0) is 15.4. The summed E-state index contributed by atoms with van der Waals surface area (Å²) in [6.07, 6.45) is 3.27. The summed E-state index contributed by atoms with van der Waals surface area (Å²) >= 11 is 5.81. The van der Waals surface area contributed by atoms with E-state index in [1.54, 1.807) is 36.8 Å². The van der Waals surface area contributed by atoms with Gasteiger partial charge >= 0.3 is 6.03 Å². The summed E-state index contributed by atoms with van der Waals surface area (Å²) in [4.78, 5) is 12.0. The number of halogens is 1. The molecule has 5 heteroatoms. The predicted octanol–water partition coefficient (Wildman–Crippen LogP) is 5.24. The van der Waals surface area contributed by atoms with Crippen LogP contribution in [0.2, 0.25) is 5.02 Å². The van der Waals surface area contributed by atoms with E-state index in [9.17, 15) is 4.79 Å². The molecule has 2 N–H and O–H groups in total. The van der Waals surface area contributed by atoms with Crippen molar-refractivity contribution in [1.82, 2.24) is 0 Å². The Bertz CT molecular complexity index is 768. The maximum absolute atomic E-state index is 12.0. The number of anilines is 2. The van der Waals surface area contributed by atoms with Gasteiger partial charge in [-0.25, -0.2) is 4.79 Å². The first-order valence-electron chi connectivity index (χ1n) is 6.67. The predicted molar refractivity (Wildman–Crippen MR) is 88.2 cm³/mol. The van der Waals surface area contributed by atoms with Gasteiger partial charge < -0.3 is 15.1 Å². The molecule has 0 unspecified atom stereocenters. The molecule has 0 aliphatic carbocycles. The van der Waals surface area contributed by atoms with Crippen LogP contribution in [0.3, 0.4) is 0 Å². The Morgan fingerprint density at radius 3 is 2.41 bits per heavy atom. The van der Waals surface area contributed by atoms with E-state index in [4.69, 9.17) is 16.0 Å². The molecule has 4 nitrogen and oxygen atoms in total. The maximum Gasteiger partial charge on any atom is 0.323 e. The van der Waals surface area contributed by atoms with E-state index in [0.717, 1.165) is 11.1 Å². The summed E-state index contributed by atoms with van der Waals surface area (Å²) in [5.74, 6) is 0. The van der Waals surface area contributed by atoms with E-state index >= 15 is 0 Å². The SMILES string of the molecule is O=C(Nc1ccc(Cl)cc1)Nc1cccc(-c2ccoc2)c1. The molecule has 0 saturated heterocycles. The van der Waals surface area contributed by atoms with Crippen LogP contribution in [0.25, 0.3) is 11.1 Å². The molecule has 0 radical (unpaired) electrons. The van der Waals surface area contributed by atoms with Crippen molar-refractivity contribution in [2.75, 3.05) is 10.6 Å². The molecule has 0 aliphatic rings. The Kier molecular flexibility index (Phi) is 4.12. The molecule has 0 aliphatic heterocycles. The van der Waals surface area contributed by atoms with E-state index in [2.05, 4.69) is 10.6 Å². The molecule has 110 valence electrons. The van der Waals surface area contributed by atoms with Crippen LogP contribution in [0.1, 0.15) is 0 Å². The lowest BCUT2D eigenvalue weighted by atomic mass is 10.1. The van der Waals surface area contributed by atoms with Crippen LogP contribution in [0, 0.1) is 0 Å². The van der Waals surface area contributed by atoms with Crippen molar-refractivity contribution in [2.45, 2.75) is 0 Å². The number of hydrogen-bond acceptors (Lipinski definition) is 2. The second-order valence-electron chi connectivity index (χ2n) is 4.68. The third-order valence-electron chi connectivity index (χ3n) is 3.08. The lowest BCUT2D eigenvalue weighted by molar-refractivity contribution is 0.262. The highest BCUT2D eigenvalue weighted by Gasteiger charge is 2.05. The van der Waals surface area contributed by atoms with E-state index in [-0.39, 0.29) is 6.03 Å². The molecule has 22 heavy (non-hydrogen) atoms. The number of benzene rings is 2. The Morgan fingerprint density at radius 1 is 0.909 bits per heavy atom. The van der Waals surface area contributed by atoms with Crippen LogP contribution < -0.4 is 10.6 Å². The van der Waals surface area contributed by atoms with Gasteiger partial charge in [0, 0.05) is 22.0 Å². The highest BCUT2D eigenvalue weighted by molar-refractivity contribution is 6.30. The number of carbonyl (C=O) groups excluding carboxylic acids is 1. The molecule has 0 fully saturated rings. The van der Waals surface area contributed by atoms with Crippen molar-refractivity contribution in [3.8, 4) is 11.1 Å². The molecule has 3 rings (SSSR count). The number of rotatable bonds is 3. The molecular weight excluding hydrogens is 300 g/mol. The van der Waals surface area contributed by atoms with Crippen LogP contribution in [0.5, 0.6) is 0 Å². The van der Waals surface area contributed by atoms with Crippen LogP contribution in [0.15, 0.2) is 71.5 Å². The zero-order valence-corrected chi connectivity index (χ0v) is 12.3. The molecule has 1 aromatic heterocycles.